The van der Waals surface area contributed by atoms with Crippen LogP contribution in [0.25, 0.3) is 10.8 Å². The fraction of sp³-hybridized carbons (Fsp3) is 0.370. The molecule has 0 unspecified atom stereocenters. The van der Waals surface area contributed by atoms with Gasteiger partial charge in [0.1, 0.15) is 29.7 Å². The summed E-state index contributed by atoms with van der Waals surface area (Å²) in [6, 6.07) is 8.26. The molecule has 7 nitrogen and oxygen atoms in total. The van der Waals surface area contributed by atoms with E-state index in [1.54, 1.807) is 6.07 Å². The van der Waals surface area contributed by atoms with E-state index >= 15 is 0 Å². The van der Waals surface area contributed by atoms with Crippen LogP contribution in [0, 0.1) is 11.6 Å². The van der Waals surface area contributed by atoms with Gasteiger partial charge in [0.15, 0.2) is 0 Å². The van der Waals surface area contributed by atoms with Crippen LogP contribution < -0.4 is 5.32 Å². The van der Waals surface area contributed by atoms with Crippen molar-refractivity contribution in [3.05, 3.63) is 70.9 Å². The Hall–Kier alpha value is -3.44. The molecule has 1 aromatic heterocycles. The van der Waals surface area contributed by atoms with Crippen molar-refractivity contribution in [3.63, 3.8) is 0 Å². The Kier molecular flexibility index (Phi) is 9.39. The van der Waals surface area contributed by atoms with Crippen LogP contribution >= 0.6 is 11.6 Å². The highest BCUT2D eigenvalue weighted by Crippen LogP contribution is 2.34. The summed E-state index contributed by atoms with van der Waals surface area (Å²) in [4.78, 5) is 30.3. The van der Waals surface area contributed by atoms with Gasteiger partial charge in [0, 0.05) is 31.5 Å². The number of amides is 2. The highest BCUT2D eigenvalue weighted by atomic mass is 35.5. The summed E-state index contributed by atoms with van der Waals surface area (Å²) >= 11 is 5.93. The van der Waals surface area contributed by atoms with Gasteiger partial charge < -0.3 is 14.7 Å². The van der Waals surface area contributed by atoms with Crippen molar-refractivity contribution in [2.45, 2.75) is 50.7 Å². The number of carbonyl (C=O) groups is 2. The number of pyridine rings is 1. The third-order valence-corrected chi connectivity index (χ3v) is 6.71. The lowest BCUT2D eigenvalue weighted by Crippen LogP contribution is -2.50. The predicted molar refractivity (Wildman–Crippen MR) is 139 cm³/mol. The molecular formula is C27H28ClF4N3O4. The molecule has 2 aromatic carbocycles. The molecule has 0 aliphatic carbocycles. The lowest BCUT2D eigenvalue weighted by Gasteiger charge is -2.35. The zero-order valence-electron chi connectivity index (χ0n) is 21.5. The minimum absolute atomic E-state index is 0.0351. The number of hydrogen-bond donors (Lipinski definition) is 2. The molecular weight excluding hydrogens is 542 g/mol. The molecule has 0 saturated heterocycles. The van der Waals surface area contributed by atoms with E-state index in [9.17, 15) is 32.3 Å². The van der Waals surface area contributed by atoms with E-state index in [1.807, 2.05) is 0 Å². The summed E-state index contributed by atoms with van der Waals surface area (Å²) in [5.41, 5.74) is -2.05. The van der Waals surface area contributed by atoms with Gasteiger partial charge in [0.05, 0.1) is 11.1 Å². The molecule has 0 aliphatic rings. The maximum Gasteiger partial charge on any atom is 0.412 e. The number of anilines is 1. The molecule has 210 valence electrons. The second-order valence-electron chi connectivity index (χ2n) is 9.62. The van der Waals surface area contributed by atoms with E-state index in [4.69, 9.17) is 16.3 Å². The normalized spacial score (nSPS) is 12.7. The molecule has 39 heavy (non-hydrogen) atoms. The molecule has 3 rings (SSSR count). The van der Waals surface area contributed by atoms with Gasteiger partial charge in [-0.05, 0) is 61.5 Å². The molecule has 0 saturated carbocycles. The molecule has 0 aliphatic heterocycles. The number of hydrogen-bond acceptors (Lipinski definition) is 5. The van der Waals surface area contributed by atoms with E-state index in [0.29, 0.717) is 16.3 Å². The molecule has 0 bridgehead atoms. The molecule has 12 heteroatoms. The Balaban J connectivity index is 1.70. The van der Waals surface area contributed by atoms with Crippen molar-refractivity contribution in [2.75, 3.05) is 19.0 Å². The smallest absolute Gasteiger partial charge is 0.412 e. The number of rotatable bonds is 10. The summed E-state index contributed by atoms with van der Waals surface area (Å²) in [6.07, 6.45) is -0.783. The minimum atomic E-state index is -3.65. The number of carbonyl (C=O) groups excluding carboxylic acids is 2. The SMILES string of the molecule is CN(C(=O)CCc1cccc(F)c1Cl)[C@H](COC(=O)Nc1cc2cc(F)ccc2cn1)CC(F)(F)C(C)(C)O. The number of nitrogens with one attached hydrogen (secondary N) is 1. The summed E-state index contributed by atoms with van der Waals surface area (Å²) in [7, 11) is 1.27. The fourth-order valence-corrected chi connectivity index (χ4v) is 3.93. The second kappa shape index (κ2) is 12.2. The Labute approximate surface area is 227 Å². The molecule has 0 fully saturated rings. The Morgan fingerprint density at radius 3 is 2.56 bits per heavy atom. The van der Waals surface area contributed by atoms with Crippen molar-refractivity contribution in [1.82, 2.24) is 9.88 Å². The lowest BCUT2D eigenvalue weighted by atomic mass is 9.93. The first-order valence-electron chi connectivity index (χ1n) is 12.0. The van der Waals surface area contributed by atoms with Gasteiger partial charge in [0.2, 0.25) is 5.91 Å². The van der Waals surface area contributed by atoms with Crippen molar-refractivity contribution < 1.29 is 37.0 Å². The highest BCUT2D eigenvalue weighted by Gasteiger charge is 2.48. The Morgan fingerprint density at radius 2 is 1.87 bits per heavy atom. The first-order valence-corrected chi connectivity index (χ1v) is 12.3. The first kappa shape index (κ1) is 30.1. The molecule has 1 atom stereocenters. The number of fused-ring (bicyclic) bond motifs is 1. The van der Waals surface area contributed by atoms with Crippen LogP contribution in [0.2, 0.25) is 5.02 Å². The largest absolute Gasteiger partial charge is 0.447 e. The third-order valence-electron chi connectivity index (χ3n) is 6.29. The Morgan fingerprint density at radius 1 is 1.15 bits per heavy atom. The van der Waals surface area contributed by atoms with Crippen LogP contribution in [0.3, 0.4) is 0 Å². The van der Waals surface area contributed by atoms with Gasteiger partial charge in [-0.2, -0.15) is 0 Å². The molecule has 2 N–H and O–H groups in total. The van der Waals surface area contributed by atoms with Gasteiger partial charge >= 0.3 is 6.09 Å². The van der Waals surface area contributed by atoms with Crippen molar-refractivity contribution in [3.8, 4) is 0 Å². The summed E-state index contributed by atoms with van der Waals surface area (Å²) in [5, 5.41) is 13.2. The minimum Gasteiger partial charge on any atom is -0.447 e. The number of aromatic nitrogens is 1. The summed E-state index contributed by atoms with van der Waals surface area (Å²) < 4.78 is 61.9. The Bertz CT molecular complexity index is 1350. The van der Waals surface area contributed by atoms with Gasteiger partial charge in [-0.25, -0.2) is 27.3 Å². The van der Waals surface area contributed by atoms with E-state index in [0.717, 1.165) is 18.7 Å². The van der Waals surface area contributed by atoms with Crippen LogP contribution in [-0.2, 0) is 16.0 Å². The number of aryl methyl sites for hydroxylation is 1. The number of likely N-dealkylation sites (N-methyl/N-ethyl adjacent to an activating group) is 1. The predicted octanol–water partition coefficient (Wildman–Crippen LogP) is 5.97. The summed E-state index contributed by atoms with van der Waals surface area (Å²) in [5.74, 6) is -5.34. The van der Waals surface area contributed by atoms with E-state index in [-0.39, 0.29) is 23.7 Å². The van der Waals surface area contributed by atoms with Crippen LogP contribution in [0.1, 0.15) is 32.3 Å². The number of nitrogens with zero attached hydrogens (tertiary/aromatic N) is 2. The van der Waals surface area contributed by atoms with E-state index in [1.165, 1.54) is 49.6 Å². The van der Waals surface area contributed by atoms with Crippen LogP contribution in [0.15, 0.2) is 48.7 Å². The number of halogens is 5. The van der Waals surface area contributed by atoms with Crippen molar-refractivity contribution >= 4 is 40.2 Å². The van der Waals surface area contributed by atoms with Gasteiger partial charge in [0.25, 0.3) is 5.92 Å². The van der Waals surface area contributed by atoms with Crippen molar-refractivity contribution in [2.24, 2.45) is 0 Å². The zero-order chi connectivity index (χ0) is 29.0. The van der Waals surface area contributed by atoms with Crippen LogP contribution in [0.5, 0.6) is 0 Å². The van der Waals surface area contributed by atoms with Gasteiger partial charge in [-0.1, -0.05) is 23.7 Å². The molecule has 1 heterocycles. The van der Waals surface area contributed by atoms with Gasteiger partial charge in [-0.15, -0.1) is 0 Å². The maximum atomic E-state index is 14.8. The fourth-order valence-electron chi connectivity index (χ4n) is 3.71. The van der Waals surface area contributed by atoms with Crippen LogP contribution in [-0.4, -0.2) is 58.2 Å². The molecule has 3 aromatic rings. The molecule has 0 spiro atoms. The first-order chi connectivity index (χ1) is 18.2. The van der Waals surface area contributed by atoms with E-state index in [2.05, 4.69) is 10.3 Å². The van der Waals surface area contributed by atoms with Crippen LogP contribution in [0.4, 0.5) is 28.2 Å². The number of benzene rings is 2. The molecule has 2 amide bonds. The lowest BCUT2D eigenvalue weighted by molar-refractivity contribution is -0.176. The second-order valence-corrected chi connectivity index (χ2v) is 10.0. The number of alkyl halides is 2. The van der Waals surface area contributed by atoms with E-state index < -0.39 is 54.2 Å². The third kappa shape index (κ3) is 7.79. The molecule has 0 radical (unpaired) electrons. The number of aliphatic hydroxyl groups is 1. The zero-order valence-corrected chi connectivity index (χ0v) is 22.2. The average Bonchev–Trinajstić information content (AvgIpc) is 2.85. The van der Waals surface area contributed by atoms with Crippen molar-refractivity contribution in [1.29, 1.82) is 0 Å². The monoisotopic (exact) mass is 569 g/mol. The maximum absolute atomic E-state index is 14.8. The summed E-state index contributed by atoms with van der Waals surface area (Å²) in [6.45, 7) is 1.22. The standard InChI is InChI=1S/C27H28ClF4N3O4/c1-26(2,38)27(31,32)13-20(35(3)23(36)10-8-16-5-4-6-21(30)24(16)28)15-39-25(37)34-22-12-18-11-19(29)9-7-17(18)14-33-22/h4-7,9,11-12,14,20,38H,8,10,13,15H2,1-3H3,(H,33,34,37)/t20-/m0/s1. The average molecular weight is 570 g/mol. The van der Waals surface area contributed by atoms with Gasteiger partial charge in [-0.3, -0.25) is 10.1 Å². The number of ether oxygens (including phenoxy) is 1. The quantitative estimate of drug-likeness (QED) is 0.294. The topological polar surface area (TPSA) is 91.8 Å². The highest BCUT2D eigenvalue weighted by molar-refractivity contribution is 6.31.